The molecule has 1 aromatic rings. The largest absolute Gasteiger partial charge is 0.491 e. The first-order valence-corrected chi connectivity index (χ1v) is 6.57. The summed E-state index contributed by atoms with van der Waals surface area (Å²) >= 11 is 0. The van der Waals surface area contributed by atoms with E-state index in [4.69, 9.17) is 10.5 Å². The van der Waals surface area contributed by atoms with E-state index in [0.29, 0.717) is 0 Å². The second kappa shape index (κ2) is 5.66. The number of primary amides is 1. The molecule has 1 saturated heterocycles. The van der Waals surface area contributed by atoms with Crippen LogP contribution < -0.4 is 15.4 Å². The van der Waals surface area contributed by atoms with Crippen LogP contribution in [-0.4, -0.2) is 32.0 Å². The Hall–Kier alpha value is -1.99. The molecule has 0 radical (unpaired) electrons. The number of hydrogen-bond acceptors (Lipinski definition) is 3. The van der Waals surface area contributed by atoms with E-state index in [1.807, 2.05) is 0 Å². The van der Waals surface area contributed by atoms with Crippen LogP contribution in [-0.2, 0) is 4.79 Å². The zero-order valence-electron chi connectivity index (χ0n) is 12.1. The molecule has 22 heavy (non-hydrogen) atoms. The summed E-state index contributed by atoms with van der Waals surface area (Å²) in [6.45, 7) is 1.10. The molecule has 2 rings (SSSR count). The fourth-order valence-corrected chi connectivity index (χ4v) is 2.72. The van der Waals surface area contributed by atoms with Gasteiger partial charge in [-0.1, -0.05) is 6.92 Å². The number of benzene rings is 1. The average molecular weight is 320 g/mol. The van der Waals surface area contributed by atoms with Crippen LogP contribution in [0.4, 0.5) is 23.2 Å². The second-order valence-corrected chi connectivity index (χ2v) is 5.62. The van der Waals surface area contributed by atoms with Crippen molar-refractivity contribution in [1.29, 1.82) is 0 Å². The maximum Gasteiger partial charge on any atom is 0.245 e. The van der Waals surface area contributed by atoms with Crippen molar-refractivity contribution in [2.75, 3.05) is 18.6 Å². The zero-order valence-corrected chi connectivity index (χ0v) is 12.1. The first-order chi connectivity index (χ1) is 10.2. The third-order valence-corrected chi connectivity index (χ3v) is 3.97. The lowest BCUT2D eigenvalue weighted by atomic mass is 9.88. The van der Waals surface area contributed by atoms with Crippen LogP contribution in [0.5, 0.6) is 5.75 Å². The van der Waals surface area contributed by atoms with E-state index in [9.17, 15) is 22.4 Å². The van der Waals surface area contributed by atoms with Gasteiger partial charge < -0.3 is 15.4 Å². The highest BCUT2D eigenvalue weighted by molar-refractivity contribution is 5.85. The van der Waals surface area contributed by atoms with Crippen molar-refractivity contribution in [3.8, 4) is 5.75 Å². The zero-order chi connectivity index (χ0) is 16.7. The monoisotopic (exact) mass is 320 g/mol. The number of carbonyl (C=O) groups excluding carboxylic acids is 1. The SMILES string of the molecule is COc1c(N2CC(C)(C(F)F)CC2C(N)=O)ccc(F)c1F. The predicted octanol–water partition coefficient (Wildman–Crippen LogP) is 2.31. The molecule has 1 fully saturated rings. The molecule has 0 aromatic heterocycles. The third kappa shape index (κ3) is 2.57. The molecule has 0 saturated carbocycles. The Morgan fingerprint density at radius 2 is 2.09 bits per heavy atom. The minimum absolute atomic E-state index is 0.0228. The highest BCUT2D eigenvalue weighted by Gasteiger charge is 2.49. The number of anilines is 1. The summed E-state index contributed by atoms with van der Waals surface area (Å²) in [4.78, 5) is 12.8. The number of amides is 1. The molecule has 1 aliphatic rings. The smallest absolute Gasteiger partial charge is 0.245 e. The Kier molecular flexibility index (Phi) is 4.21. The minimum Gasteiger partial charge on any atom is -0.491 e. The fraction of sp³-hybridized carbons (Fsp3) is 0.500. The highest BCUT2D eigenvalue weighted by Crippen LogP contribution is 2.45. The Morgan fingerprint density at radius 3 is 2.59 bits per heavy atom. The number of hydrogen-bond donors (Lipinski definition) is 1. The second-order valence-electron chi connectivity index (χ2n) is 5.62. The number of nitrogens with two attached hydrogens (primary N) is 1. The van der Waals surface area contributed by atoms with Gasteiger partial charge in [0, 0.05) is 12.0 Å². The summed E-state index contributed by atoms with van der Waals surface area (Å²) in [6, 6.07) is 0.992. The number of carbonyl (C=O) groups is 1. The van der Waals surface area contributed by atoms with Crippen LogP contribution >= 0.6 is 0 Å². The molecular formula is C14H16F4N2O2. The molecule has 4 nitrogen and oxygen atoms in total. The molecule has 1 aliphatic heterocycles. The summed E-state index contributed by atoms with van der Waals surface area (Å²) in [5.74, 6) is -3.62. The Bertz CT molecular complexity index is 596. The van der Waals surface area contributed by atoms with Crippen molar-refractivity contribution in [2.45, 2.75) is 25.8 Å². The number of halogens is 4. The van der Waals surface area contributed by atoms with Crippen LogP contribution in [0.25, 0.3) is 0 Å². The van der Waals surface area contributed by atoms with Crippen LogP contribution in [0.3, 0.4) is 0 Å². The van der Waals surface area contributed by atoms with Crippen LogP contribution in [0, 0.1) is 17.0 Å². The summed E-state index contributed by atoms with van der Waals surface area (Å²) in [5, 5.41) is 0. The lowest BCUT2D eigenvalue weighted by Crippen LogP contribution is -2.40. The molecule has 2 atom stereocenters. The first kappa shape index (κ1) is 16.4. The van der Waals surface area contributed by atoms with Crippen LogP contribution in [0.1, 0.15) is 13.3 Å². The van der Waals surface area contributed by atoms with E-state index in [1.54, 1.807) is 0 Å². The summed E-state index contributed by atoms with van der Waals surface area (Å²) < 4.78 is 58.4. The topological polar surface area (TPSA) is 55.6 Å². The van der Waals surface area contributed by atoms with Crippen molar-refractivity contribution < 1.29 is 27.1 Å². The Balaban J connectivity index is 2.50. The number of rotatable bonds is 4. The molecule has 8 heteroatoms. The van der Waals surface area contributed by atoms with Crippen LogP contribution in [0.15, 0.2) is 12.1 Å². The van der Waals surface area contributed by atoms with Gasteiger partial charge in [0.1, 0.15) is 6.04 Å². The normalized spacial score (nSPS) is 24.9. The number of alkyl halides is 2. The first-order valence-electron chi connectivity index (χ1n) is 6.57. The summed E-state index contributed by atoms with van der Waals surface area (Å²) in [7, 11) is 1.13. The number of methoxy groups -OCH3 is 1. The summed E-state index contributed by atoms with van der Waals surface area (Å²) in [6.07, 6.45) is -2.86. The van der Waals surface area contributed by atoms with Crippen molar-refractivity contribution in [2.24, 2.45) is 11.1 Å². The average Bonchev–Trinajstić information content (AvgIpc) is 2.81. The van der Waals surface area contributed by atoms with Gasteiger partial charge in [0.2, 0.25) is 18.1 Å². The standard InChI is InChI=1S/C14H16F4N2O2/c1-14(13(17)18)5-9(12(19)21)20(6-14)8-4-3-7(15)10(16)11(8)22-2/h3-4,9,13H,5-6H2,1-2H3,(H2,19,21). The molecule has 0 bridgehead atoms. The van der Waals surface area contributed by atoms with Crippen molar-refractivity contribution >= 4 is 11.6 Å². The van der Waals surface area contributed by atoms with Gasteiger partial charge in [-0.3, -0.25) is 4.79 Å². The molecular weight excluding hydrogens is 304 g/mol. The molecule has 1 amide bonds. The van der Waals surface area contributed by atoms with Crippen molar-refractivity contribution in [3.63, 3.8) is 0 Å². The Morgan fingerprint density at radius 1 is 1.45 bits per heavy atom. The molecule has 2 unspecified atom stereocenters. The molecule has 0 spiro atoms. The van der Waals surface area contributed by atoms with Gasteiger partial charge in [-0.15, -0.1) is 0 Å². The number of ether oxygens (including phenoxy) is 1. The van der Waals surface area contributed by atoms with E-state index in [1.165, 1.54) is 17.9 Å². The highest BCUT2D eigenvalue weighted by atomic mass is 19.3. The lowest BCUT2D eigenvalue weighted by Gasteiger charge is -2.27. The maximum atomic E-state index is 13.8. The van der Waals surface area contributed by atoms with E-state index in [-0.39, 0.29) is 18.7 Å². The van der Waals surface area contributed by atoms with Gasteiger partial charge in [0.15, 0.2) is 11.6 Å². The van der Waals surface area contributed by atoms with Crippen molar-refractivity contribution in [1.82, 2.24) is 0 Å². The van der Waals surface area contributed by atoms with Crippen LogP contribution in [0.2, 0.25) is 0 Å². The van der Waals surface area contributed by atoms with Crippen molar-refractivity contribution in [3.05, 3.63) is 23.8 Å². The molecule has 1 aromatic carbocycles. The molecule has 1 heterocycles. The van der Waals surface area contributed by atoms with Gasteiger partial charge in [-0.25, -0.2) is 13.2 Å². The lowest BCUT2D eigenvalue weighted by molar-refractivity contribution is -0.119. The predicted molar refractivity (Wildman–Crippen MR) is 72.0 cm³/mol. The number of nitrogens with zero attached hydrogens (tertiary/aromatic N) is 1. The minimum atomic E-state index is -2.68. The van der Waals surface area contributed by atoms with Gasteiger partial charge >= 0.3 is 0 Å². The van der Waals surface area contributed by atoms with Gasteiger partial charge in [-0.2, -0.15) is 4.39 Å². The van der Waals surface area contributed by atoms with E-state index < -0.39 is 41.2 Å². The Labute approximate surface area is 124 Å². The molecule has 0 aliphatic carbocycles. The summed E-state index contributed by atoms with van der Waals surface area (Å²) in [5.41, 5.74) is 3.82. The molecule has 2 N–H and O–H groups in total. The van der Waals surface area contributed by atoms with Gasteiger partial charge in [-0.05, 0) is 18.6 Å². The third-order valence-electron chi connectivity index (χ3n) is 3.97. The van der Waals surface area contributed by atoms with Gasteiger partial charge in [0.25, 0.3) is 0 Å². The van der Waals surface area contributed by atoms with E-state index in [2.05, 4.69) is 0 Å². The van der Waals surface area contributed by atoms with E-state index in [0.717, 1.165) is 13.2 Å². The van der Waals surface area contributed by atoms with E-state index >= 15 is 0 Å². The quantitative estimate of drug-likeness (QED) is 0.866. The molecule has 122 valence electrons. The maximum absolute atomic E-state index is 13.8. The fourth-order valence-electron chi connectivity index (χ4n) is 2.72. The van der Waals surface area contributed by atoms with Gasteiger partial charge in [0.05, 0.1) is 12.8 Å².